The molecule has 1 N–H and O–H groups in total. The number of aryl methyl sites for hydroxylation is 2. The van der Waals surface area contributed by atoms with Gasteiger partial charge in [0.1, 0.15) is 12.2 Å². The topological polar surface area (TPSA) is 87.9 Å². The van der Waals surface area contributed by atoms with Crippen molar-refractivity contribution in [3.05, 3.63) is 29.2 Å². The van der Waals surface area contributed by atoms with Crippen molar-refractivity contribution in [2.75, 3.05) is 18.0 Å². The van der Waals surface area contributed by atoms with Gasteiger partial charge in [0.25, 0.3) is 0 Å². The molecule has 120 valence electrons. The molecular formula is C15H20N8. The minimum Gasteiger partial charge on any atom is -0.367 e. The Labute approximate surface area is 133 Å². The fourth-order valence-corrected chi connectivity index (χ4v) is 3.35. The quantitative estimate of drug-likeness (QED) is 0.772. The first-order chi connectivity index (χ1) is 11.1. The maximum atomic E-state index is 4.52. The molecule has 0 spiro atoms. The molecule has 0 radical (unpaired) electrons. The van der Waals surface area contributed by atoms with Crippen LogP contribution in [0.25, 0.3) is 5.65 Å². The third kappa shape index (κ3) is 2.34. The van der Waals surface area contributed by atoms with Gasteiger partial charge in [-0.25, -0.2) is 4.98 Å². The Bertz CT molecular complexity index is 848. The van der Waals surface area contributed by atoms with Gasteiger partial charge in [0.15, 0.2) is 5.82 Å². The van der Waals surface area contributed by atoms with E-state index in [0.29, 0.717) is 5.92 Å². The lowest BCUT2D eigenvalue weighted by molar-refractivity contribution is 0.492. The third-order valence-electron chi connectivity index (χ3n) is 4.62. The second-order valence-corrected chi connectivity index (χ2v) is 6.22. The van der Waals surface area contributed by atoms with E-state index in [1.165, 1.54) is 0 Å². The van der Waals surface area contributed by atoms with E-state index in [9.17, 15) is 0 Å². The number of aromatic nitrogens is 7. The summed E-state index contributed by atoms with van der Waals surface area (Å²) in [7, 11) is 0. The average molecular weight is 312 g/mol. The molecule has 0 saturated carbocycles. The van der Waals surface area contributed by atoms with Crippen LogP contribution in [0.5, 0.6) is 0 Å². The van der Waals surface area contributed by atoms with Crippen LogP contribution in [0.1, 0.15) is 41.7 Å². The molecule has 3 aromatic rings. The smallest absolute Gasteiger partial charge is 0.201 e. The lowest BCUT2D eigenvalue weighted by atomic mass is 9.96. The zero-order valence-corrected chi connectivity index (χ0v) is 13.6. The normalized spacial score (nSPS) is 18.7. The molecule has 23 heavy (non-hydrogen) atoms. The molecule has 3 aromatic heterocycles. The minimum atomic E-state index is 0.338. The minimum absolute atomic E-state index is 0.338. The number of nitrogens with zero attached hydrogens (tertiary/aromatic N) is 7. The highest BCUT2D eigenvalue weighted by atomic mass is 15.4. The molecule has 8 nitrogen and oxygen atoms in total. The summed E-state index contributed by atoms with van der Waals surface area (Å²) in [4.78, 5) is 6.90. The van der Waals surface area contributed by atoms with Crippen molar-refractivity contribution in [2.24, 2.45) is 0 Å². The molecule has 0 aliphatic carbocycles. The van der Waals surface area contributed by atoms with Crippen molar-refractivity contribution >= 4 is 11.3 Å². The van der Waals surface area contributed by atoms with Crippen molar-refractivity contribution in [3.8, 4) is 0 Å². The Hall–Kier alpha value is -2.51. The van der Waals surface area contributed by atoms with E-state index in [1.807, 2.05) is 13.8 Å². The van der Waals surface area contributed by atoms with Gasteiger partial charge in [0.05, 0.1) is 11.4 Å². The largest absolute Gasteiger partial charge is 0.367 e. The Balaban J connectivity index is 1.73. The second-order valence-electron chi connectivity index (χ2n) is 6.22. The summed E-state index contributed by atoms with van der Waals surface area (Å²) < 4.78 is 1.76. The summed E-state index contributed by atoms with van der Waals surface area (Å²) in [6.07, 6.45) is 3.88. The van der Waals surface area contributed by atoms with Crippen LogP contribution in [0.3, 0.4) is 0 Å². The van der Waals surface area contributed by atoms with E-state index in [0.717, 1.165) is 60.2 Å². The molecule has 0 aromatic carbocycles. The molecule has 1 atom stereocenters. The van der Waals surface area contributed by atoms with Crippen LogP contribution in [-0.2, 0) is 0 Å². The highest BCUT2D eigenvalue weighted by molar-refractivity contribution is 5.72. The molecule has 1 aliphatic heterocycles. The summed E-state index contributed by atoms with van der Waals surface area (Å²) in [5.41, 5.74) is 4.12. The van der Waals surface area contributed by atoms with Crippen molar-refractivity contribution in [1.29, 1.82) is 0 Å². The molecule has 0 bridgehead atoms. The molecule has 0 amide bonds. The Morgan fingerprint density at radius 3 is 2.91 bits per heavy atom. The number of H-pyrrole nitrogens is 1. The van der Waals surface area contributed by atoms with E-state index in [-0.39, 0.29) is 0 Å². The van der Waals surface area contributed by atoms with Gasteiger partial charge >= 0.3 is 0 Å². The lowest BCUT2D eigenvalue weighted by Crippen LogP contribution is -2.36. The second kappa shape index (κ2) is 5.29. The number of hydrogen-bond donors (Lipinski definition) is 1. The number of hydrogen-bond acceptors (Lipinski definition) is 6. The molecule has 1 unspecified atom stereocenters. The van der Waals surface area contributed by atoms with Crippen LogP contribution in [-0.4, -0.2) is 48.1 Å². The summed E-state index contributed by atoms with van der Waals surface area (Å²) in [5.74, 6) is 2.12. The van der Waals surface area contributed by atoms with Crippen LogP contribution < -0.4 is 4.90 Å². The molecule has 1 saturated heterocycles. The summed E-state index contributed by atoms with van der Waals surface area (Å²) >= 11 is 0. The van der Waals surface area contributed by atoms with Crippen LogP contribution >= 0.6 is 0 Å². The van der Waals surface area contributed by atoms with Crippen molar-refractivity contribution in [3.63, 3.8) is 0 Å². The predicted molar refractivity (Wildman–Crippen MR) is 85.6 cm³/mol. The average Bonchev–Trinajstić information content (AvgIpc) is 3.17. The fraction of sp³-hybridized carbons (Fsp3) is 0.533. The number of piperidine rings is 1. The zero-order valence-electron chi connectivity index (χ0n) is 13.6. The van der Waals surface area contributed by atoms with E-state index in [2.05, 4.69) is 42.3 Å². The first-order valence-corrected chi connectivity index (χ1v) is 7.94. The highest BCUT2D eigenvalue weighted by Gasteiger charge is 2.27. The van der Waals surface area contributed by atoms with Gasteiger partial charge in [0.2, 0.25) is 5.65 Å². The van der Waals surface area contributed by atoms with Crippen LogP contribution in [0.15, 0.2) is 6.33 Å². The van der Waals surface area contributed by atoms with E-state index >= 15 is 0 Å². The fourth-order valence-electron chi connectivity index (χ4n) is 3.35. The Kier molecular flexibility index (Phi) is 3.24. The molecule has 8 heteroatoms. The maximum absolute atomic E-state index is 4.52. The number of aromatic amines is 1. The van der Waals surface area contributed by atoms with Gasteiger partial charge in [-0.1, -0.05) is 0 Å². The van der Waals surface area contributed by atoms with Crippen LogP contribution in [0, 0.1) is 20.8 Å². The van der Waals surface area contributed by atoms with Crippen molar-refractivity contribution < 1.29 is 0 Å². The van der Waals surface area contributed by atoms with Gasteiger partial charge in [-0.3, -0.25) is 5.10 Å². The van der Waals surface area contributed by atoms with Gasteiger partial charge in [-0.05, 0) is 39.2 Å². The lowest BCUT2D eigenvalue weighted by Gasteiger charge is -2.34. The number of fused-ring (bicyclic) bond motifs is 1. The van der Waals surface area contributed by atoms with Gasteiger partial charge < -0.3 is 4.90 Å². The van der Waals surface area contributed by atoms with Crippen LogP contribution in [0.4, 0.5) is 5.69 Å². The summed E-state index contributed by atoms with van der Waals surface area (Å²) in [6, 6.07) is 0. The van der Waals surface area contributed by atoms with Gasteiger partial charge in [0, 0.05) is 19.0 Å². The predicted octanol–water partition coefficient (Wildman–Crippen LogP) is 1.55. The van der Waals surface area contributed by atoms with Crippen molar-refractivity contribution in [1.82, 2.24) is 35.0 Å². The summed E-state index contributed by atoms with van der Waals surface area (Å²) in [5, 5.41) is 20.1. The van der Waals surface area contributed by atoms with E-state index in [1.54, 1.807) is 10.8 Å². The molecular weight excluding hydrogens is 292 g/mol. The zero-order chi connectivity index (χ0) is 16.0. The summed E-state index contributed by atoms with van der Waals surface area (Å²) in [6.45, 7) is 7.97. The molecule has 1 aliphatic rings. The first-order valence-electron chi connectivity index (χ1n) is 7.94. The Morgan fingerprint density at radius 2 is 2.13 bits per heavy atom. The maximum Gasteiger partial charge on any atom is 0.201 e. The van der Waals surface area contributed by atoms with Gasteiger partial charge in [-0.2, -0.15) is 14.7 Å². The first kappa shape index (κ1) is 14.1. The van der Waals surface area contributed by atoms with E-state index in [4.69, 9.17) is 0 Å². The standard InChI is InChI=1S/C15H20N8/c1-9-10(2)21-23-8-16-20-15(23)13(9)22-6-4-5-12(7-22)14-17-11(3)18-19-14/h8,12H,4-7H2,1-3H3,(H,17,18,19). The molecule has 1 fully saturated rings. The number of nitrogens with one attached hydrogen (secondary N) is 1. The van der Waals surface area contributed by atoms with Crippen molar-refractivity contribution in [2.45, 2.75) is 39.5 Å². The van der Waals surface area contributed by atoms with Gasteiger partial charge in [-0.15, -0.1) is 10.2 Å². The van der Waals surface area contributed by atoms with E-state index < -0.39 is 0 Å². The third-order valence-corrected chi connectivity index (χ3v) is 4.62. The highest BCUT2D eigenvalue weighted by Crippen LogP contribution is 2.32. The molecule has 4 rings (SSSR count). The molecule has 4 heterocycles. The Morgan fingerprint density at radius 1 is 1.26 bits per heavy atom. The number of anilines is 1. The number of rotatable bonds is 2. The monoisotopic (exact) mass is 312 g/mol. The van der Waals surface area contributed by atoms with Crippen LogP contribution in [0.2, 0.25) is 0 Å². The SMILES string of the molecule is Cc1nc(C2CCCN(c3c(C)c(C)nn4cnnc34)C2)n[nH]1.